The number of rotatable bonds is 3. The van der Waals surface area contributed by atoms with Crippen molar-refractivity contribution in [2.24, 2.45) is 0 Å². The van der Waals surface area contributed by atoms with Crippen LogP contribution in [0.2, 0.25) is 0 Å². The standard InChI is InChI=1S/C9H15N3O/c1-9(3-5-13-7-9)10-6-8-2-4-11-12-8/h2,4,10H,3,5-7H2,1H3,(H,11,12). The lowest BCUT2D eigenvalue weighted by Gasteiger charge is -2.22. The zero-order chi connectivity index (χ0) is 9.15. The van der Waals surface area contributed by atoms with E-state index < -0.39 is 0 Å². The highest BCUT2D eigenvalue weighted by Gasteiger charge is 2.28. The van der Waals surface area contributed by atoms with E-state index in [1.54, 1.807) is 6.20 Å². The van der Waals surface area contributed by atoms with Gasteiger partial charge in [-0.25, -0.2) is 0 Å². The van der Waals surface area contributed by atoms with Crippen LogP contribution in [0, 0.1) is 0 Å². The maximum absolute atomic E-state index is 5.34. The fraction of sp³-hybridized carbons (Fsp3) is 0.667. The summed E-state index contributed by atoms with van der Waals surface area (Å²) in [6.45, 7) is 4.70. The lowest BCUT2D eigenvalue weighted by molar-refractivity contribution is 0.171. The molecular formula is C9H15N3O. The van der Waals surface area contributed by atoms with Crippen molar-refractivity contribution in [3.8, 4) is 0 Å². The minimum atomic E-state index is 0.144. The van der Waals surface area contributed by atoms with Crippen LogP contribution in [0.25, 0.3) is 0 Å². The molecule has 0 aliphatic carbocycles. The fourth-order valence-electron chi connectivity index (χ4n) is 1.50. The molecular weight excluding hydrogens is 166 g/mol. The van der Waals surface area contributed by atoms with Crippen LogP contribution in [0.3, 0.4) is 0 Å². The molecule has 2 N–H and O–H groups in total. The number of nitrogens with one attached hydrogen (secondary N) is 2. The number of H-pyrrole nitrogens is 1. The lowest BCUT2D eigenvalue weighted by Crippen LogP contribution is -2.42. The van der Waals surface area contributed by atoms with E-state index in [-0.39, 0.29) is 5.54 Å². The molecule has 1 aromatic rings. The van der Waals surface area contributed by atoms with Crippen molar-refractivity contribution >= 4 is 0 Å². The van der Waals surface area contributed by atoms with Gasteiger partial charge in [-0.2, -0.15) is 5.10 Å². The summed E-state index contributed by atoms with van der Waals surface area (Å²) < 4.78 is 5.34. The van der Waals surface area contributed by atoms with Crippen LogP contribution in [-0.2, 0) is 11.3 Å². The Morgan fingerprint density at radius 3 is 3.31 bits per heavy atom. The second-order valence-corrected chi connectivity index (χ2v) is 3.80. The Morgan fingerprint density at radius 2 is 2.69 bits per heavy atom. The summed E-state index contributed by atoms with van der Waals surface area (Å²) in [7, 11) is 0. The molecule has 1 aliphatic heterocycles. The first kappa shape index (κ1) is 8.72. The van der Waals surface area contributed by atoms with Crippen molar-refractivity contribution < 1.29 is 4.74 Å². The molecule has 0 bridgehead atoms. The van der Waals surface area contributed by atoms with Gasteiger partial charge < -0.3 is 10.1 Å². The molecule has 2 rings (SSSR count). The summed E-state index contributed by atoms with van der Waals surface area (Å²) >= 11 is 0. The van der Waals surface area contributed by atoms with Crippen molar-refractivity contribution in [3.63, 3.8) is 0 Å². The van der Waals surface area contributed by atoms with E-state index in [0.717, 1.165) is 31.9 Å². The van der Waals surface area contributed by atoms with Crippen LogP contribution in [0.15, 0.2) is 12.3 Å². The molecule has 4 nitrogen and oxygen atoms in total. The van der Waals surface area contributed by atoms with Gasteiger partial charge in [0.2, 0.25) is 0 Å². The van der Waals surface area contributed by atoms with Gasteiger partial charge in [0.1, 0.15) is 0 Å². The number of nitrogens with zero attached hydrogens (tertiary/aromatic N) is 1. The Kier molecular flexibility index (Phi) is 2.33. The van der Waals surface area contributed by atoms with Gasteiger partial charge in [-0.15, -0.1) is 0 Å². The predicted molar refractivity (Wildman–Crippen MR) is 49.3 cm³/mol. The zero-order valence-electron chi connectivity index (χ0n) is 7.84. The summed E-state index contributed by atoms with van der Waals surface area (Å²) in [5.74, 6) is 0. The molecule has 1 atom stereocenters. The van der Waals surface area contributed by atoms with Crippen LogP contribution in [0.4, 0.5) is 0 Å². The van der Waals surface area contributed by atoms with Gasteiger partial charge in [0.15, 0.2) is 0 Å². The van der Waals surface area contributed by atoms with Crippen LogP contribution in [-0.4, -0.2) is 29.0 Å². The largest absolute Gasteiger partial charge is 0.379 e. The van der Waals surface area contributed by atoms with E-state index in [1.165, 1.54) is 0 Å². The Hall–Kier alpha value is -0.870. The summed E-state index contributed by atoms with van der Waals surface area (Å²) in [6.07, 6.45) is 2.85. The number of ether oxygens (including phenoxy) is 1. The molecule has 1 unspecified atom stereocenters. The van der Waals surface area contributed by atoms with Crippen LogP contribution in [0.1, 0.15) is 19.0 Å². The smallest absolute Gasteiger partial charge is 0.0646 e. The summed E-state index contributed by atoms with van der Waals surface area (Å²) in [5.41, 5.74) is 1.26. The third-order valence-electron chi connectivity index (χ3n) is 2.48. The molecule has 0 aromatic carbocycles. The molecule has 13 heavy (non-hydrogen) atoms. The normalized spacial score (nSPS) is 28.1. The first-order valence-corrected chi connectivity index (χ1v) is 4.60. The highest BCUT2D eigenvalue weighted by atomic mass is 16.5. The number of hydrogen-bond donors (Lipinski definition) is 2. The lowest BCUT2D eigenvalue weighted by atomic mass is 10.0. The third kappa shape index (κ3) is 2.08. The van der Waals surface area contributed by atoms with Gasteiger partial charge in [-0.05, 0) is 19.4 Å². The third-order valence-corrected chi connectivity index (χ3v) is 2.48. The van der Waals surface area contributed by atoms with Gasteiger partial charge in [-0.3, -0.25) is 5.10 Å². The summed E-state index contributed by atoms with van der Waals surface area (Å²) in [5, 5.41) is 10.3. The van der Waals surface area contributed by atoms with Gasteiger partial charge in [0, 0.05) is 30.6 Å². The molecule has 0 saturated carbocycles. The van der Waals surface area contributed by atoms with E-state index in [9.17, 15) is 0 Å². The van der Waals surface area contributed by atoms with Crippen molar-refractivity contribution in [2.45, 2.75) is 25.4 Å². The van der Waals surface area contributed by atoms with Crippen molar-refractivity contribution in [1.82, 2.24) is 15.5 Å². The highest BCUT2D eigenvalue weighted by Crippen LogP contribution is 2.17. The predicted octanol–water partition coefficient (Wildman–Crippen LogP) is 0.678. The van der Waals surface area contributed by atoms with E-state index in [1.807, 2.05) is 6.07 Å². The van der Waals surface area contributed by atoms with E-state index >= 15 is 0 Å². The number of aromatic amines is 1. The quantitative estimate of drug-likeness (QED) is 0.721. The first-order valence-electron chi connectivity index (χ1n) is 4.60. The zero-order valence-corrected chi connectivity index (χ0v) is 7.84. The molecule has 1 aromatic heterocycles. The van der Waals surface area contributed by atoms with Gasteiger partial charge in [0.05, 0.1) is 6.61 Å². The molecule has 0 spiro atoms. The maximum Gasteiger partial charge on any atom is 0.0646 e. The molecule has 1 saturated heterocycles. The molecule has 1 fully saturated rings. The molecule has 2 heterocycles. The van der Waals surface area contributed by atoms with Crippen molar-refractivity contribution in [1.29, 1.82) is 0 Å². The average Bonchev–Trinajstić information content (AvgIpc) is 2.72. The molecule has 1 aliphatic rings. The second-order valence-electron chi connectivity index (χ2n) is 3.80. The van der Waals surface area contributed by atoms with Crippen LogP contribution in [0.5, 0.6) is 0 Å². The average molecular weight is 181 g/mol. The van der Waals surface area contributed by atoms with Gasteiger partial charge in [0.25, 0.3) is 0 Å². The highest BCUT2D eigenvalue weighted by molar-refractivity contribution is 4.99. The first-order chi connectivity index (χ1) is 6.29. The van der Waals surface area contributed by atoms with Crippen LogP contribution < -0.4 is 5.32 Å². The van der Waals surface area contributed by atoms with Gasteiger partial charge >= 0.3 is 0 Å². The van der Waals surface area contributed by atoms with E-state index in [0.29, 0.717) is 0 Å². The molecule has 4 heteroatoms. The second kappa shape index (κ2) is 3.47. The van der Waals surface area contributed by atoms with Crippen molar-refractivity contribution in [3.05, 3.63) is 18.0 Å². The summed E-state index contributed by atoms with van der Waals surface area (Å²) in [4.78, 5) is 0. The molecule has 72 valence electrons. The molecule has 0 radical (unpaired) electrons. The Balaban J connectivity index is 1.85. The topological polar surface area (TPSA) is 49.9 Å². The minimum absolute atomic E-state index is 0.144. The fourth-order valence-corrected chi connectivity index (χ4v) is 1.50. The van der Waals surface area contributed by atoms with Gasteiger partial charge in [-0.1, -0.05) is 0 Å². The summed E-state index contributed by atoms with van der Waals surface area (Å²) in [6, 6.07) is 1.98. The molecule has 0 amide bonds. The monoisotopic (exact) mass is 181 g/mol. The Labute approximate surface area is 77.7 Å². The number of hydrogen-bond acceptors (Lipinski definition) is 3. The Morgan fingerprint density at radius 1 is 1.77 bits per heavy atom. The number of aromatic nitrogens is 2. The Bertz CT molecular complexity index is 252. The SMILES string of the molecule is CC1(NCc2ccn[nH]2)CCOC1. The van der Waals surface area contributed by atoms with E-state index in [4.69, 9.17) is 4.74 Å². The minimum Gasteiger partial charge on any atom is -0.379 e. The van der Waals surface area contributed by atoms with Crippen molar-refractivity contribution in [2.75, 3.05) is 13.2 Å². The maximum atomic E-state index is 5.34. The van der Waals surface area contributed by atoms with E-state index in [2.05, 4.69) is 22.4 Å². The van der Waals surface area contributed by atoms with Crippen LogP contribution >= 0.6 is 0 Å².